The van der Waals surface area contributed by atoms with Gasteiger partial charge in [-0.2, -0.15) is 0 Å². The van der Waals surface area contributed by atoms with E-state index in [0.29, 0.717) is 37.8 Å². The van der Waals surface area contributed by atoms with E-state index in [1.807, 2.05) is 13.8 Å². The molecular weight excluding hydrogens is 766 g/mol. The van der Waals surface area contributed by atoms with Gasteiger partial charge in [-0.15, -0.1) is 0 Å². The van der Waals surface area contributed by atoms with E-state index in [9.17, 15) is 48.6 Å². The first-order valence-corrected chi connectivity index (χ1v) is 20.2. The lowest BCUT2D eigenvalue weighted by Crippen LogP contribution is -2.62. The highest BCUT2D eigenvalue weighted by Crippen LogP contribution is 2.14. The lowest BCUT2D eigenvalue weighted by Gasteiger charge is -2.30. The van der Waals surface area contributed by atoms with Crippen molar-refractivity contribution in [3.63, 3.8) is 0 Å². The smallest absolute Gasteiger partial charge is 0.245 e. The topological polar surface area (TPSA) is 313 Å². The molecule has 59 heavy (non-hydrogen) atoms. The highest BCUT2D eigenvalue weighted by Gasteiger charge is 2.36. The van der Waals surface area contributed by atoms with Gasteiger partial charge in [0.2, 0.25) is 47.3 Å². The second-order valence-electron chi connectivity index (χ2n) is 15.3. The number of phenolic OH excluding ortho intramolecular Hbond substituents is 1. The number of rotatable bonds is 26. The molecule has 0 aliphatic rings. The largest absolute Gasteiger partial charge is 0.508 e. The summed E-state index contributed by atoms with van der Waals surface area (Å²) in [5.41, 5.74) is 11.6. The molecule has 13 N–H and O–H groups in total. The molecule has 19 nitrogen and oxygen atoms in total. The van der Waals surface area contributed by atoms with Crippen molar-refractivity contribution in [1.29, 1.82) is 0 Å². The molecule has 0 spiro atoms. The Kier molecular flexibility index (Phi) is 22.7. The summed E-state index contributed by atoms with van der Waals surface area (Å²) in [4.78, 5) is 104. The number of hydrogen-bond acceptors (Lipinski definition) is 11. The van der Waals surface area contributed by atoms with Crippen LogP contribution < -0.4 is 48.7 Å². The quantitative estimate of drug-likeness (QED) is 0.0489. The van der Waals surface area contributed by atoms with E-state index in [2.05, 4.69) is 37.2 Å². The second kappa shape index (κ2) is 25.9. The first kappa shape index (κ1) is 51.7. The van der Waals surface area contributed by atoms with Gasteiger partial charge in [0.15, 0.2) is 0 Å². The molecule has 0 aliphatic carbocycles. The Morgan fingerprint density at radius 2 is 1.17 bits per heavy atom. The minimum absolute atomic E-state index is 0.0527. The van der Waals surface area contributed by atoms with Crippen molar-refractivity contribution in [3.05, 3.63) is 29.8 Å². The van der Waals surface area contributed by atoms with Gasteiger partial charge in [-0.25, -0.2) is 0 Å². The molecule has 9 atom stereocenters. The normalized spacial score (nSPS) is 15.7. The zero-order valence-corrected chi connectivity index (χ0v) is 35.6. The zero-order chi connectivity index (χ0) is 45.0. The molecule has 0 fully saturated rings. The van der Waals surface area contributed by atoms with Gasteiger partial charge in [0, 0.05) is 13.3 Å². The average Bonchev–Trinajstić information content (AvgIpc) is 3.17. The molecule has 1 aromatic rings. The Hall–Kier alpha value is -5.30. The van der Waals surface area contributed by atoms with E-state index >= 15 is 0 Å². The van der Waals surface area contributed by atoms with Gasteiger partial charge >= 0.3 is 0 Å². The summed E-state index contributed by atoms with van der Waals surface area (Å²) >= 11 is 0. The molecule has 0 saturated carbocycles. The third-order valence-corrected chi connectivity index (χ3v) is 10.0. The molecular formula is C40H67N9O10. The van der Waals surface area contributed by atoms with E-state index in [1.165, 1.54) is 38.1 Å². The van der Waals surface area contributed by atoms with Crippen LogP contribution in [0, 0.1) is 17.8 Å². The maximum absolute atomic E-state index is 13.7. The number of nitrogens with two attached hydrogens (primary N) is 2. The van der Waals surface area contributed by atoms with Gasteiger partial charge in [0.1, 0.15) is 42.0 Å². The fraction of sp³-hybridized carbons (Fsp3) is 0.650. The summed E-state index contributed by atoms with van der Waals surface area (Å²) in [6.07, 6.45) is 0.650. The number of aliphatic hydroxyl groups excluding tert-OH is 1. The lowest BCUT2D eigenvalue weighted by atomic mass is 9.96. The van der Waals surface area contributed by atoms with Crippen LogP contribution in [0.5, 0.6) is 5.75 Å². The number of primary amides is 1. The van der Waals surface area contributed by atoms with Gasteiger partial charge in [-0.1, -0.05) is 66.5 Å². The molecule has 0 aliphatic heterocycles. The van der Waals surface area contributed by atoms with E-state index in [1.54, 1.807) is 27.7 Å². The standard InChI is InChI=1S/C40H67N9O10/c1-9-22(5)32(35(42)54)48-37(56)28(13-11-12-18-41)45-30(53)20-43-36(55)29(19-26-14-16-27(52)17-15-26)46-40(59)34(24(7)50)49-38(57)31(21(3)4)47-39(58)33(23(6)10-2)44-25(8)51/h14-17,21-24,28-29,31-34,50,52H,9-13,18-20,41H2,1-8H3,(H2,42,54)(H,43,55)(H,44,51)(H,45,53)(H,46,59)(H,47,58)(H,48,56)(H,49,57)/t22-,23-,24+,28-,29-,31-,32-,33-,34-/m0/s1. The Labute approximate surface area is 346 Å². The number of aliphatic hydroxyl groups is 1. The second-order valence-corrected chi connectivity index (χ2v) is 15.3. The molecule has 1 aromatic carbocycles. The molecule has 0 saturated heterocycles. The van der Waals surface area contributed by atoms with Crippen LogP contribution in [0.2, 0.25) is 0 Å². The number of benzene rings is 1. The summed E-state index contributed by atoms with van der Waals surface area (Å²) in [5, 5.41) is 38.3. The Bertz CT molecular complexity index is 1570. The molecule has 1 rings (SSSR count). The van der Waals surface area contributed by atoms with Gasteiger partial charge in [0.05, 0.1) is 12.6 Å². The van der Waals surface area contributed by atoms with Gasteiger partial charge in [-0.05, 0) is 68.2 Å². The van der Waals surface area contributed by atoms with Crippen molar-refractivity contribution in [3.8, 4) is 5.75 Å². The maximum atomic E-state index is 13.7. The van der Waals surface area contributed by atoms with Crippen LogP contribution in [-0.4, -0.2) is 113 Å². The van der Waals surface area contributed by atoms with Crippen molar-refractivity contribution < 1.29 is 48.6 Å². The molecule has 8 amide bonds. The van der Waals surface area contributed by atoms with E-state index in [0.717, 1.165) is 0 Å². The third kappa shape index (κ3) is 18.0. The number of aromatic hydroxyl groups is 1. The van der Waals surface area contributed by atoms with Crippen molar-refractivity contribution in [1.82, 2.24) is 37.2 Å². The molecule has 0 radical (unpaired) electrons. The highest BCUT2D eigenvalue weighted by molar-refractivity contribution is 5.97. The first-order chi connectivity index (χ1) is 27.7. The Morgan fingerprint density at radius 1 is 0.644 bits per heavy atom. The van der Waals surface area contributed by atoms with Crippen LogP contribution in [0.25, 0.3) is 0 Å². The van der Waals surface area contributed by atoms with E-state index in [-0.39, 0.29) is 30.4 Å². The van der Waals surface area contributed by atoms with Gasteiger partial charge in [0.25, 0.3) is 0 Å². The fourth-order valence-electron chi connectivity index (χ4n) is 5.97. The molecule has 332 valence electrons. The van der Waals surface area contributed by atoms with E-state index in [4.69, 9.17) is 11.5 Å². The molecule has 0 unspecified atom stereocenters. The Morgan fingerprint density at radius 3 is 1.68 bits per heavy atom. The molecule has 0 aromatic heterocycles. The van der Waals surface area contributed by atoms with Crippen LogP contribution in [0.4, 0.5) is 0 Å². The van der Waals surface area contributed by atoms with Crippen LogP contribution in [0.15, 0.2) is 24.3 Å². The minimum atomic E-state index is -1.62. The maximum Gasteiger partial charge on any atom is 0.245 e. The van der Waals surface area contributed by atoms with Crippen LogP contribution in [-0.2, 0) is 44.8 Å². The number of phenols is 1. The van der Waals surface area contributed by atoms with Crippen molar-refractivity contribution in [2.45, 2.75) is 136 Å². The number of unbranched alkanes of at least 4 members (excludes halogenated alkanes) is 1. The Balaban J connectivity index is 3.27. The third-order valence-electron chi connectivity index (χ3n) is 10.0. The number of amides is 8. The first-order valence-electron chi connectivity index (χ1n) is 20.2. The zero-order valence-electron chi connectivity index (χ0n) is 35.6. The van der Waals surface area contributed by atoms with Crippen LogP contribution in [0.3, 0.4) is 0 Å². The van der Waals surface area contributed by atoms with Crippen LogP contribution in [0.1, 0.15) is 93.1 Å². The van der Waals surface area contributed by atoms with Crippen molar-refractivity contribution in [2.75, 3.05) is 13.1 Å². The number of carbonyl (C=O) groups excluding carboxylic acids is 8. The summed E-state index contributed by atoms with van der Waals surface area (Å²) in [6.45, 7) is 12.7. The SMILES string of the molecule is CC[C@H](C)[C@H](NC(=O)[C@H](CCCCN)NC(=O)CNC(=O)[C@H](Cc1ccc(O)cc1)NC(=O)[C@@H](NC(=O)[C@@H](NC(=O)[C@@H](NC(C)=O)[C@@H](C)CC)C(C)C)[C@@H](C)O)C(N)=O. The monoisotopic (exact) mass is 834 g/mol. The lowest BCUT2D eigenvalue weighted by molar-refractivity contribution is -0.137. The predicted octanol–water partition coefficient (Wildman–Crippen LogP) is -1.28. The van der Waals surface area contributed by atoms with Gasteiger partial charge in [-0.3, -0.25) is 38.4 Å². The van der Waals surface area contributed by atoms with Crippen LogP contribution >= 0.6 is 0 Å². The predicted molar refractivity (Wildman–Crippen MR) is 220 cm³/mol. The molecule has 0 bridgehead atoms. The van der Waals surface area contributed by atoms with Gasteiger partial charge < -0.3 is 58.9 Å². The van der Waals surface area contributed by atoms with Crippen molar-refractivity contribution in [2.24, 2.45) is 29.2 Å². The average molecular weight is 834 g/mol. The van der Waals surface area contributed by atoms with E-state index < -0.39 is 102 Å². The fourth-order valence-corrected chi connectivity index (χ4v) is 5.97. The summed E-state index contributed by atoms with van der Waals surface area (Å²) in [7, 11) is 0. The number of nitrogens with one attached hydrogen (secondary N) is 7. The molecule has 19 heteroatoms. The minimum Gasteiger partial charge on any atom is -0.508 e. The summed E-state index contributed by atoms with van der Waals surface area (Å²) in [5.74, 6) is -6.90. The molecule has 0 heterocycles. The van der Waals surface area contributed by atoms with Crippen molar-refractivity contribution >= 4 is 47.3 Å². The highest BCUT2D eigenvalue weighted by atomic mass is 16.3. The number of carbonyl (C=O) groups is 8. The summed E-state index contributed by atoms with van der Waals surface area (Å²) < 4.78 is 0. The number of hydrogen-bond donors (Lipinski definition) is 11. The summed E-state index contributed by atoms with van der Waals surface area (Å²) in [6, 6.07) is -1.44.